The molecule has 1 saturated heterocycles. The van der Waals surface area contributed by atoms with Gasteiger partial charge in [-0.25, -0.2) is 4.79 Å². The lowest BCUT2D eigenvalue weighted by atomic mass is 10.2. The molecule has 0 atom stereocenters. The summed E-state index contributed by atoms with van der Waals surface area (Å²) in [6, 6.07) is 0. The highest BCUT2D eigenvalue weighted by molar-refractivity contribution is 8.01. The van der Waals surface area contributed by atoms with Crippen LogP contribution >= 0.6 is 23.1 Å². The van der Waals surface area contributed by atoms with Crippen molar-refractivity contribution in [3.63, 3.8) is 0 Å². The van der Waals surface area contributed by atoms with Crippen LogP contribution in [0.1, 0.15) is 30.7 Å². The van der Waals surface area contributed by atoms with Crippen LogP contribution in [0.4, 0.5) is 5.95 Å². The molecular formula is C18H25N7O2S2. The average molecular weight is 436 g/mol. The highest BCUT2D eigenvalue weighted by Crippen LogP contribution is 2.26. The van der Waals surface area contributed by atoms with Crippen molar-refractivity contribution in [1.29, 1.82) is 0 Å². The van der Waals surface area contributed by atoms with Gasteiger partial charge >= 0.3 is 5.69 Å². The Morgan fingerprint density at radius 2 is 1.76 bits per heavy atom. The van der Waals surface area contributed by atoms with Crippen LogP contribution in [0.5, 0.6) is 0 Å². The van der Waals surface area contributed by atoms with E-state index in [9.17, 15) is 9.59 Å². The number of thioether (sulfide) groups is 1. The van der Waals surface area contributed by atoms with E-state index >= 15 is 0 Å². The van der Waals surface area contributed by atoms with Crippen molar-refractivity contribution in [3.05, 3.63) is 25.8 Å². The third-order valence-corrected chi connectivity index (χ3v) is 7.22. The van der Waals surface area contributed by atoms with Gasteiger partial charge in [-0.1, -0.05) is 35.9 Å². The van der Waals surface area contributed by atoms with Crippen LogP contribution in [0, 0.1) is 6.92 Å². The minimum Gasteiger partial charge on any atom is -0.342 e. The topological polar surface area (TPSA) is 90.8 Å². The number of imidazole rings is 1. The van der Waals surface area contributed by atoms with Crippen LogP contribution in [0.3, 0.4) is 0 Å². The normalized spacial score (nSPS) is 15.2. The second-order valence-electron chi connectivity index (χ2n) is 7.28. The maximum absolute atomic E-state index is 13.0. The largest absolute Gasteiger partial charge is 0.342 e. The Kier molecular flexibility index (Phi) is 5.77. The van der Waals surface area contributed by atoms with Crippen molar-refractivity contribution in [2.24, 2.45) is 14.1 Å². The second-order valence-corrected chi connectivity index (χ2v) is 9.80. The summed E-state index contributed by atoms with van der Waals surface area (Å²) in [5, 5.41) is 9.16. The number of hydrogen-bond donors (Lipinski definition) is 0. The Balaban J connectivity index is 1.76. The fourth-order valence-corrected chi connectivity index (χ4v) is 5.53. The van der Waals surface area contributed by atoms with Gasteiger partial charge in [0.1, 0.15) is 5.01 Å². The van der Waals surface area contributed by atoms with Crippen LogP contribution in [0.15, 0.2) is 13.9 Å². The molecule has 0 N–H and O–H groups in total. The van der Waals surface area contributed by atoms with Gasteiger partial charge in [0.2, 0.25) is 5.95 Å². The van der Waals surface area contributed by atoms with Crippen LogP contribution in [-0.4, -0.2) is 47.7 Å². The van der Waals surface area contributed by atoms with E-state index in [0.29, 0.717) is 17.7 Å². The smallest absolute Gasteiger partial charge is 0.332 e. The van der Waals surface area contributed by atoms with Crippen LogP contribution in [0.25, 0.3) is 11.2 Å². The number of aromatic nitrogens is 6. The lowest BCUT2D eigenvalue weighted by Gasteiger charge is -2.22. The number of anilines is 1. The van der Waals surface area contributed by atoms with E-state index < -0.39 is 0 Å². The van der Waals surface area contributed by atoms with Gasteiger partial charge in [-0.3, -0.25) is 13.9 Å². The second kappa shape index (κ2) is 8.31. The first-order valence-electron chi connectivity index (χ1n) is 9.81. The molecule has 0 spiro atoms. The van der Waals surface area contributed by atoms with E-state index in [0.717, 1.165) is 51.5 Å². The highest BCUT2D eigenvalue weighted by atomic mass is 32.2. The first kappa shape index (κ1) is 20.1. The molecule has 1 fully saturated rings. The number of aryl methyl sites for hydroxylation is 3. The summed E-state index contributed by atoms with van der Waals surface area (Å²) < 4.78 is 5.54. The molecule has 9 nitrogen and oxygen atoms in total. The van der Waals surface area contributed by atoms with Gasteiger partial charge in [0, 0.05) is 39.5 Å². The van der Waals surface area contributed by atoms with E-state index in [1.165, 1.54) is 24.5 Å². The van der Waals surface area contributed by atoms with Crippen molar-refractivity contribution >= 4 is 40.2 Å². The highest BCUT2D eigenvalue weighted by Gasteiger charge is 2.23. The minimum absolute atomic E-state index is 0.298. The molecule has 1 aliphatic heterocycles. The van der Waals surface area contributed by atoms with Gasteiger partial charge in [-0.2, -0.15) is 4.98 Å². The monoisotopic (exact) mass is 435 g/mol. The molecule has 0 radical (unpaired) electrons. The number of fused-ring (bicyclic) bond motifs is 1. The van der Waals surface area contributed by atoms with Gasteiger partial charge < -0.3 is 9.47 Å². The van der Waals surface area contributed by atoms with E-state index in [4.69, 9.17) is 4.98 Å². The van der Waals surface area contributed by atoms with Gasteiger partial charge in [-0.15, -0.1) is 10.2 Å². The third-order valence-electron chi connectivity index (χ3n) is 5.26. The molecule has 0 unspecified atom stereocenters. The van der Waals surface area contributed by atoms with E-state index in [1.807, 2.05) is 11.5 Å². The quantitative estimate of drug-likeness (QED) is 0.564. The van der Waals surface area contributed by atoms with E-state index in [1.54, 1.807) is 30.1 Å². The zero-order valence-corrected chi connectivity index (χ0v) is 18.6. The molecule has 29 heavy (non-hydrogen) atoms. The average Bonchev–Trinajstić information content (AvgIpc) is 3.18. The molecular weight excluding hydrogens is 410 g/mol. The van der Waals surface area contributed by atoms with Crippen molar-refractivity contribution in [1.82, 2.24) is 28.9 Å². The SMILES string of the molecule is Cc1nnc(SCCn2c(N3CCCCCC3)nc3c2c(=O)n(C)c(=O)n3C)s1. The summed E-state index contributed by atoms with van der Waals surface area (Å²) in [4.78, 5) is 32.4. The Labute approximate surface area is 176 Å². The maximum Gasteiger partial charge on any atom is 0.332 e. The molecule has 4 heterocycles. The van der Waals surface area contributed by atoms with Gasteiger partial charge in [0.05, 0.1) is 0 Å². The van der Waals surface area contributed by atoms with Gasteiger partial charge in [0.25, 0.3) is 5.56 Å². The zero-order valence-electron chi connectivity index (χ0n) is 16.9. The standard InChI is InChI=1S/C18H25N7O2S2/c1-12-20-21-17(29-12)28-11-10-25-13-14(22(2)18(27)23(3)15(13)26)19-16(25)24-8-6-4-5-7-9-24/h4-11H2,1-3H3. The summed E-state index contributed by atoms with van der Waals surface area (Å²) in [6.45, 7) is 4.38. The molecule has 156 valence electrons. The molecule has 0 aliphatic carbocycles. The summed E-state index contributed by atoms with van der Waals surface area (Å²) in [6.07, 6.45) is 4.64. The van der Waals surface area contributed by atoms with E-state index in [-0.39, 0.29) is 11.2 Å². The minimum atomic E-state index is -0.353. The lowest BCUT2D eigenvalue weighted by Crippen LogP contribution is -2.37. The number of hydrogen-bond acceptors (Lipinski definition) is 8. The van der Waals surface area contributed by atoms with Gasteiger partial charge in [0.15, 0.2) is 15.5 Å². The lowest BCUT2D eigenvalue weighted by molar-refractivity contribution is 0.692. The molecule has 0 amide bonds. The van der Waals surface area contributed by atoms with E-state index in [2.05, 4.69) is 15.1 Å². The Bertz CT molecular complexity index is 1140. The van der Waals surface area contributed by atoms with Crippen LogP contribution < -0.4 is 16.1 Å². The fraction of sp³-hybridized carbons (Fsp3) is 0.611. The molecule has 1 aliphatic rings. The molecule has 11 heteroatoms. The Morgan fingerprint density at radius 3 is 2.41 bits per heavy atom. The molecule has 0 saturated carbocycles. The molecule has 3 aromatic heterocycles. The predicted octanol–water partition coefficient (Wildman–Crippen LogP) is 1.77. The molecule has 4 rings (SSSR count). The van der Waals surface area contributed by atoms with Crippen LogP contribution in [-0.2, 0) is 20.6 Å². The molecule has 0 bridgehead atoms. The van der Waals surface area contributed by atoms with Crippen LogP contribution in [0.2, 0.25) is 0 Å². The van der Waals surface area contributed by atoms with Crippen molar-refractivity contribution < 1.29 is 0 Å². The maximum atomic E-state index is 13.0. The zero-order chi connectivity index (χ0) is 20.5. The summed E-state index contributed by atoms with van der Waals surface area (Å²) in [5.41, 5.74) is 0.290. The molecule has 0 aromatic carbocycles. The third kappa shape index (κ3) is 3.85. The summed E-state index contributed by atoms with van der Waals surface area (Å²) >= 11 is 3.19. The number of rotatable bonds is 5. The summed E-state index contributed by atoms with van der Waals surface area (Å²) in [5.74, 6) is 1.53. The Hall–Kier alpha value is -2.14. The Morgan fingerprint density at radius 1 is 1.03 bits per heavy atom. The summed E-state index contributed by atoms with van der Waals surface area (Å²) in [7, 11) is 3.19. The first-order valence-corrected chi connectivity index (χ1v) is 11.6. The number of nitrogens with zero attached hydrogens (tertiary/aromatic N) is 7. The van der Waals surface area contributed by atoms with Gasteiger partial charge in [-0.05, 0) is 19.8 Å². The first-order chi connectivity index (χ1) is 14.0. The fourth-order valence-electron chi connectivity index (χ4n) is 3.72. The predicted molar refractivity (Wildman–Crippen MR) is 116 cm³/mol. The van der Waals surface area contributed by atoms with Crippen molar-refractivity contribution in [3.8, 4) is 0 Å². The molecule has 3 aromatic rings. The van der Waals surface area contributed by atoms with Crippen molar-refractivity contribution in [2.45, 2.75) is 43.5 Å². The van der Waals surface area contributed by atoms with Crippen molar-refractivity contribution in [2.75, 3.05) is 23.7 Å².